The largest absolute Gasteiger partial charge is 0.326 e. The van der Waals surface area contributed by atoms with E-state index < -0.39 is 0 Å². The van der Waals surface area contributed by atoms with E-state index in [1.54, 1.807) is 16.7 Å². The first-order valence-electron chi connectivity index (χ1n) is 6.42. The van der Waals surface area contributed by atoms with Gasteiger partial charge >= 0.3 is 0 Å². The molecule has 3 aliphatic heterocycles. The van der Waals surface area contributed by atoms with Crippen LogP contribution in [0.5, 0.6) is 0 Å². The molecular weight excluding hydrogens is 260 g/mol. The van der Waals surface area contributed by atoms with Gasteiger partial charge in [0.15, 0.2) is 5.17 Å². The van der Waals surface area contributed by atoms with E-state index in [1.165, 1.54) is 10.6 Å². The van der Waals surface area contributed by atoms with Gasteiger partial charge in [0.25, 0.3) is 0 Å². The lowest BCUT2D eigenvalue weighted by Crippen LogP contribution is -2.28. The molecule has 1 aromatic carbocycles. The number of nitrogens with two attached hydrogens (primary N) is 1. The van der Waals surface area contributed by atoms with E-state index in [9.17, 15) is 4.79 Å². The van der Waals surface area contributed by atoms with E-state index in [2.05, 4.69) is 22.0 Å². The number of amides is 1. The Bertz CT molecular complexity index is 600. The highest BCUT2D eigenvalue weighted by Crippen LogP contribution is 2.43. The number of anilines is 2. The van der Waals surface area contributed by atoms with Gasteiger partial charge in [-0.1, -0.05) is 0 Å². The van der Waals surface area contributed by atoms with Crippen molar-refractivity contribution in [2.75, 3.05) is 29.4 Å². The summed E-state index contributed by atoms with van der Waals surface area (Å²) in [7, 11) is 0. The van der Waals surface area contributed by atoms with Crippen LogP contribution in [0.4, 0.5) is 11.4 Å². The van der Waals surface area contributed by atoms with Crippen LogP contribution in [0.15, 0.2) is 28.1 Å². The Kier molecular flexibility index (Phi) is 2.37. The summed E-state index contributed by atoms with van der Waals surface area (Å²) in [5.41, 5.74) is 7.98. The highest BCUT2D eigenvalue weighted by atomic mass is 32.2. The molecule has 0 aromatic heterocycles. The predicted molar refractivity (Wildman–Crippen MR) is 76.9 cm³/mol. The molecule has 0 aliphatic carbocycles. The number of rotatable bonds is 1. The number of fused-ring (bicyclic) bond motifs is 3. The van der Waals surface area contributed by atoms with Crippen molar-refractivity contribution in [2.45, 2.75) is 17.4 Å². The van der Waals surface area contributed by atoms with Crippen LogP contribution in [0.25, 0.3) is 0 Å². The fourth-order valence-electron chi connectivity index (χ4n) is 2.79. The number of aliphatic imine (C=N–C) groups is 1. The average molecular weight is 274 g/mol. The van der Waals surface area contributed by atoms with Gasteiger partial charge in [-0.3, -0.25) is 9.79 Å². The third kappa shape index (κ3) is 1.67. The normalized spacial score (nSPS) is 24.8. The Morgan fingerprint density at radius 2 is 2.26 bits per heavy atom. The molecule has 1 amide bonds. The molecule has 1 aromatic rings. The number of hydrogen-bond acceptors (Lipinski definition) is 5. The van der Waals surface area contributed by atoms with Gasteiger partial charge in [-0.05, 0) is 30.0 Å². The van der Waals surface area contributed by atoms with Crippen molar-refractivity contribution >= 4 is 34.2 Å². The second-order valence-corrected chi connectivity index (χ2v) is 6.05. The molecule has 1 saturated heterocycles. The topological polar surface area (TPSA) is 61.9 Å². The molecular formula is C13H14N4OS. The number of benzene rings is 1. The van der Waals surface area contributed by atoms with E-state index >= 15 is 0 Å². The van der Waals surface area contributed by atoms with Crippen molar-refractivity contribution in [1.29, 1.82) is 0 Å². The smallest absolute Gasteiger partial charge is 0.228 e. The number of thioether (sulfide) groups is 1. The summed E-state index contributed by atoms with van der Waals surface area (Å²) in [5, 5.41) is 1.08. The number of nitrogens with zero attached hydrogens (tertiary/aromatic N) is 3. The van der Waals surface area contributed by atoms with Crippen molar-refractivity contribution in [3.8, 4) is 0 Å². The molecule has 0 saturated carbocycles. The molecule has 5 nitrogen and oxygen atoms in total. The van der Waals surface area contributed by atoms with E-state index in [0.717, 1.165) is 23.9 Å². The third-order valence-electron chi connectivity index (χ3n) is 3.70. The van der Waals surface area contributed by atoms with Crippen LogP contribution in [0.3, 0.4) is 0 Å². The van der Waals surface area contributed by atoms with Crippen LogP contribution < -0.4 is 15.5 Å². The Labute approximate surface area is 115 Å². The molecule has 0 radical (unpaired) electrons. The van der Waals surface area contributed by atoms with Gasteiger partial charge in [-0.2, -0.15) is 0 Å². The molecule has 4 rings (SSSR count). The van der Waals surface area contributed by atoms with E-state index in [0.29, 0.717) is 13.0 Å². The van der Waals surface area contributed by atoms with Gasteiger partial charge < -0.3 is 15.5 Å². The number of carbonyl (C=O) groups is 1. The Morgan fingerprint density at radius 1 is 1.37 bits per heavy atom. The first kappa shape index (κ1) is 11.3. The first-order chi connectivity index (χ1) is 9.22. The minimum atomic E-state index is -0.0426. The van der Waals surface area contributed by atoms with Crippen molar-refractivity contribution in [3.05, 3.63) is 18.2 Å². The van der Waals surface area contributed by atoms with Crippen molar-refractivity contribution in [2.24, 2.45) is 10.7 Å². The van der Waals surface area contributed by atoms with Gasteiger partial charge in [0.2, 0.25) is 5.91 Å². The second-order valence-electron chi connectivity index (χ2n) is 5.04. The molecule has 0 spiro atoms. The maximum Gasteiger partial charge on any atom is 0.228 e. The Morgan fingerprint density at radius 3 is 3.05 bits per heavy atom. The van der Waals surface area contributed by atoms with Gasteiger partial charge in [-0.25, -0.2) is 0 Å². The maximum atomic E-state index is 11.9. The maximum absolute atomic E-state index is 11.9. The van der Waals surface area contributed by atoms with Crippen LogP contribution >= 0.6 is 11.8 Å². The molecule has 0 bridgehead atoms. The van der Waals surface area contributed by atoms with Crippen molar-refractivity contribution < 1.29 is 4.79 Å². The van der Waals surface area contributed by atoms with Crippen LogP contribution in [0.2, 0.25) is 0 Å². The minimum absolute atomic E-state index is 0.0426. The standard InChI is InChI=1S/C13H14N4OS/c14-8-5-12(18)17(7-8)9-1-2-11-10(6-9)16-4-3-15-13(16)19-11/h1-2,6,8H,3-5,7,14H2. The van der Waals surface area contributed by atoms with Crippen LogP contribution in [-0.4, -0.2) is 36.8 Å². The monoisotopic (exact) mass is 274 g/mol. The molecule has 1 fully saturated rings. The summed E-state index contributed by atoms with van der Waals surface area (Å²) >= 11 is 1.71. The summed E-state index contributed by atoms with van der Waals surface area (Å²) in [5.74, 6) is 0.119. The van der Waals surface area contributed by atoms with Gasteiger partial charge in [-0.15, -0.1) is 0 Å². The fraction of sp³-hybridized carbons (Fsp3) is 0.385. The average Bonchev–Trinajstić information content (AvgIpc) is 3.03. The molecule has 1 atom stereocenters. The minimum Gasteiger partial charge on any atom is -0.326 e. The predicted octanol–water partition coefficient (Wildman–Crippen LogP) is 1.03. The van der Waals surface area contributed by atoms with Crippen molar-refractivity contribution in [1.82, 2.24) is 0 Å². The van der Waals surface area contributed by atoms with Gasteiger partial charge in [0.05, 0.1) is 12.2 Å². The molecule has 3 aliphatic rings. The van der Waals surface area contributed by atoms with E-state index in [-0.39, 0.29) is 11.9 Å². The summed E-state index contributed by atoms with van der Waals surface area (Å²) in [6.45, 7) is 2.41. The van der Waals surface area contributed by atoms with Crippen molar-refractivity contribution in [3.63, 3.8) is 0 Å². The SMILES string of the molecule is NC1CC(=O)N(c2ccc3c(c2)N2CCN=C2S3)C1. The zero-order valence-electron chi connectivity index (χ0n) is 10.4. The molecule has 19 heavy (non-hydrogen) atoms. The van der Waals surface area contributed by atoms with E-state index in [1.807, 2.05) is 6.07 Å². The number of carbonyl (C=O) groups excluding carboxylic acids is 1. The van der Waals surface area contributed by atoms with E-state index in [4.69, 9.17) is 5.73 Å². The van der Waals surface area contributed by atoms with Gasteiger partial charge in [0.1, 0.15) is 0 Å². The molecule has 3 heterocycles. The van der Waals surface area contributed by atoms with Crippen LogP contribution in [0, 0.1) is 0 Å². The Hall–Kier alpha value is -1.53. The van der Waals surface area contributed by atoms with Crippen LogP contribution in [0.1, 0.15) is 6.42 Å². The lowest BCUT2D eigenvalue weighted by Gasteiger charge is -2.19. The summed E-state index contributed by atoms with van der Waals surface area (Å²) < 4.78 is 0. The molecule has 1 unspecified atom stereocenters. The quantitative estimate of drug-likeness (QED) is 0.831. The molecule has 2 N–H and O–H groups in total. The van der Waals surface area contributed by atoms with Crippen LogP contribution in [-0.2, 0) is 4.79 Å². The Balaban J connectivity index is 1.71. The molecule has 98 valence electrons. The zero-order valence-corrected chi connectivity index (χ0v) is 11.2. The molecule has 6 heteroatoms. The highest BCUT2D eigenvalue weighted by molar-refractivity contribution is 8.14. The fourth-order valence-corrected chi connectivity index (χ4v) is 3.85. The summed E-state index contributed by atoms with van der Waals surface area (Å²) in [4.78, 5) is 21.6. The van der Waals surface area contributed by atoms with Gasteiger partial charge in [0, 0.05) is 36.1 Å². The number of amidine groups is 1. The highest BCUT2D eigenvalue weighted by Gasteiger charge is 2.32. The lowest BCUT2D eigenvalue weighted by atomic mass is 10.2. The second kappa shape index (κ2) is 3.98. The third-order valence-corrected chi connectivity index (χ3v) is 4.80. The lowest BCUT2D eigenvalue weighted by molar-refractivity contribution is -0.117. The summed E-state index contributed by atoms with van der Waals surface area (Å²) in [6, 6.07) is 6.13. The zero-order chi connectivity index (χ0) is 13.0. The number of hydrogen-bond donors (Lipinski definition) is 1. The first-order valence-corrected chi connectivity index (χ1v) is 7.24. The summed E-state index contributed by atoms with van der Waals surface area (Å²) in [6.07, 6.45) is 0.447.